The molecule has 0 bridgehead atoms. The molecule has 0 atom stereocenters. The molecule has 2 N–H and O–H groups in total. The summed E-state index contributed by atoms with van der Waals surface area (Å²) in [5, 5.41) is 19.2. The first-order valence-electron chi connectivity index (χ1n) is 10.4. The Kier molecular flexibility index (Phi) is 5.45. The van der Waals surface area contributed by atoms with E-state index in [1.807, 2.05) is 42.5 Å². The van der Waals surface area contributed by atoms with Crippen molar-refractivity contribution < 1.29 is 14.3 Å². The molecule has 166 valence electrons. The summed E-state index contributed by atoms with van der Waals surface area (Å²) in [4.78, 5) is 25.1. The number of rotatable bonds is 5. The molecule has 0 aliphatic rings. The van der Waals surface area contributed by atoms with E-state index in [1.165, 1.54) is 18.3 Å². The van der Waals surface area contributed by atoms with Gasteiger partial charge in [0.25, 0.3) is 5.91 Å². The van der Waals surface area contributed by atoms with Gasteiger partial charge < -0.3 is 9.52 Å². The summed E-state index contributed by atoms with van der Waals surface area (Å²) in [6, 6.07) is 24.5. The first kappa shape index (κ1) is 20.9. The quantitative estimate of drug-likeness (QED) is 0.238. The van der Waals surface area contributed by atoms with E-state index in [0.717, 1.165) is 11.1 Å². The highest BCUT2D eigenvalue weighted by Crippen LogP contribution is 2.24. The van der Waals surface area contributed by atoms with Crippen molar-refractivity contribution in [2.24, 2.45) is 5.10 Å². The topological polar surface area (TPSA) is 110 Å². The molecule has 2 heterocycles. The van der Waals surface area contributed by atoms with Gasteiger partial charge in [0.2, 0.25) is 0 Å². The maximum atomic E-state index is 12.8. The minimum absolute atomic E-state index is 0.0926. The van der Waals surface area contributed by atoms with Crippen LogP contribution >= 0.6 is 0 Å². The molecule has 0 aliphatic carbocycles. The summed E-state index contributed by atoms with van der Waals surface area (Å²) in [7, 11) is 0. The Labute approximate surface area is 193 Å². The molecule has 8 heteroatoms. The van der Waals surface area contributed by atoms with E-state index in [-0.39, 0.29) is 16.9 Å². The van der Waals surface area contributed by atoms with Crippen molar-refractivity contribution in [3.05, 3.63) is 113 Å². The number of amides is 1. The standard InChI is InChI=1S/C26H18N4O4/c31-22-12-6-5-11-20(22)25(32)28-27-15-18-16-30(19-9-2-1-3-10-19)29-24(18)21-14-17-8-4-7-13-23(17)34-26(21)33/h1-16,31H,(H,28,32). The Balaban J connectivity index is 1.55. The fraction of sp³-hybridized carbons (Fsp3) is 0. The molecule has 0 fully saturated rings. The van der Waals surface area contributed by atoms with Crippen molar-refractivity contribution in [3.63, 3.8) is 0 Å². The van der Waals surface area contributed by atoms with Gasteiger partial charge in [-0.05, 0) is 36.4 Å². The van der Waals surface area contributed by atoms with E-state index in [4.69, 9.17) is 4.42 Å². The van der Waals surface area contributed by atoms with Crippen LogP contribution in [0.15, 0.2) is 105 Å². The Morgan fingerprint density at radius 3 is 2.56 bits per heavy atom. The van der Waals surface area contributed by atoms with E-state index in [0.29, 0.717) is 16.8 Å². The van der Waals surface area contributed by atoms with Gasteiger partial charge in [-0.15, -0.1) is 0 Å². The number of carbonyl (C=O) groups is 1. The van der Waals surface area contributed by atoms with Crippen LogP contribution in [-0.2, 0) is 0 Å². The molecule has 5 aromatic rings. The van der Waals surface area contributed by atoms with Gasteiger partial charge in [0.15, 0.2) is 0 Å². The number of hydrogen-bond donors (Lipinski definition) is 2. The number of phenols is 1. The van der Waals surface area contributed by atoms with E-state index in [1.54, 1.807) is 41.2 Å². The van der Waals surface area contributed by atoms with Crippen LogP contribution in [0.4, 0.5) is 0 Å². The van der Waals surface area contributed by atoms with Gasteiger partial charge in [-0.3, -0.25) is 4.79 Å². The first-order valence-corrected chi connectivity index (χ1v) is 10.4. The Bertz CT molecular complexity index is 1590. The number of para-hydroxylation sites is 3. The highest BCUT2D eigenvalue weighted by Gasteiger charge is 2.17. The lowest BCUT2D eigenvalue weighted by Crippen LogP contribution is -2.17. The van der Waals surface area contributed by atoms with Crippen LogP contribution in [0.5, 0.6) is 5.75 Å². The lowest BCUT2D eigenvalue weighted by molar-refractivity contribution is 0.0952. The zero-order valence-corrected chi connectivity index (χ0v) is 17.8. The highest BCUT2D eigenvalue weighted by atomic mass is 16.4. The van der Waals surface area contributed by atoms with Crippen molar-refractivity contribution in [2.75, 3.05) is 0 Å². The van der Waals surface area contributed by atoms with Crippen LogP contribution in [0.2, 0.25) is 0 Å². The lowest BCUT2D eigenvalue weighted by atomic mass is 10.1. The molecule has 0 radical (unpaired) electrons. The zero-order valence-electron chi connectivity index (χ0n) is 17.8. The molecule has 8 nitrogen and oxygen atoms in total. The Hall–Kier alpha value is -4.98. The van der Waals surface area contributed by atoms with Gasteiger partial charge in [-0.2, -0.15) is 10.2 Å². The maximum Gasteiger partial charge on any atom is 0.345 e. The fourth-order valence-electron chi connectivity index (χ4n) is 3.52. The third-order valence-electron chi connectivity index (χ3n) is 5.18. The molecular formula is C26H18N4O4. The smallest absolute Gasteiger partial charge is 0.345 e. The average molecular weight is 450 g/mol. The molecule has 3 aromatic carbocycles. The minimum atomic E-state index is -0.573. The minimum Gasteiger partial charge on any atom is -0.507 e. The number of aromatic hydroxyl groups is 1. The van der Waals surface area contributed by atoms with E-state index < -0.39 is 11.5 Å². The fourth-order valence-corrected chi connectivity index (χ4v) is 3.52. The Morgan fingerprint density at radius 2 is 1.74 bits per heavy atom. The number of nitrogens with one attached hydrogen (secondary N) is 1. The normalized spacial score (nSPS) is 11.2. The van der Waals surface area contributed by atoms with Gasteiger partial charge in [-0.1, -0.05) is 48.5 Å². The van der Waals surface area contributed by atoms with E-state index in [9.17, 15) is 14.7 Å². The van der Waals surface area contributed by atoms with Crippen LogP contribution in [-0.4, -0.2) is 27.0 Å². The van der Waals surface area contributed by atoms with Crippen LogP contribution in [0.3, 0.4) is 0 Å². The zero-order chi connectivity index (χ0) is 23.5. The summed E-state index contributed by atoms with van der Waals surface area (Å²) < 4.78 is 7.11. The van der Waals surface area contributed by atoms with Gasteiger partial charge in [0.1, 0.15) is 17.0 Å². The van der Waals surface area contributed by atoms with Crippen LogP contribution in [0.1, 0.15) is 15.9 Å². The second-order valence-electron chi connectivity index (χ2n) is 7.41. The number of benzene rings is 3. The molecule has 0 saturated heterocycles. The largest absolute Gasteiger partial charge is 0.507 e. The first-order chi connectivity index (χ1) is 16.6. The van der Waals surface area contributed by atoms with Crippen molar-refractivity contribution in [3.8, 4) is 22.7 Å². The molecule has 5 rings (SSSR count). The number of hydrazone groups is 1. The lowest BCUT2D eigenvalue weighted by Gasteiger charge is -2.02. The van der Waals surface area contributed by atoms with E-state index in [2.05, 4.69) is 15.6 Å². The molecule has 0 unspecified atom stereocenters. The van der Waals surface area contributed by atoms with Gasteiger partial charge >= 0.3 is 5.63 Å². The van der Waals surface area contributed by atoms with Gasteiger partial charge in [0, 0.05) is 17.1 Å². The molecule has 0 aliphatic heterocycles. The third kappa shape index (κ3) is 4.07. The number of nitrogens with zero attached hydrogens (tertiary/aromatic N) is 3. The van der Waals surface area contributed by atoms with Crippen LogP contribution < -0.4 is 11.1 Å². The molecular weight excluding hydrogens is 432 g/mol. The number of carbonyl (C=O) groups excluding carboxylic acids is 1. The van der Waals surface area contributed by atoms with Gasteiger partial charge in [-0.25, -0.2) is 14.9 Å². The van der Waals surface area contributed by atoms with Gasteiger partial charge in [0.05, 0.1) is 23.0 Å². The third-order valence-corrected chi connectivity index (χ3v) is 5.18. The SMILES string of the molecule is O=C(NN=Cc1cn(-c2ccccc2)nc1-c1cc2ccccc2oc1=O)c1ccccc1O. The van der Waals surface area contributed by atoms with E-state index >= 15 is 0 Å². The average Bonchev–Trinajstić information content (AvgIpc) is 3.28. The maximum absolute atomic E-state index is 12.8. The summed E-state index contributed by atoms with van der Waals surface area (Å²) in [6.45, 7) is 0. The van der Waals surface area contributed by atoms with Crippen molar-refractivity contribution in [1.82, 2.24) is 15.2 Å². The number of hydrogen-bond acceptors (Lipinski definition) is 6. The second-order valence-corrected chi connectivity index (χ2v) is 7.41. The molecule has 0 spiro atoms. The predicted octanol–water partition coefficient (Wildman–Crippen LogP) is 4.12. The molecule has 2 aromatic heterocycles. The van der Waals surface area contributed by atoms with Crippen molar-refractivity contribution in [2.45, 2.75) is 0 Å². The summed E-state index contributed by atoms with van der Waals surface area (Å²) in [6.07, 6.45) is 3.10. The Morgan fingerprint density at radius 1 is 1.00 bits per heavy atom. The monoisotopic (exact) mass is 450 g/mol. The van der Waals surface area contributed by atoms with Crippen molar-refractivity contribution >= 4 is 23.1 Å². The highest BCUT2D eigenvalue weighted by molar-refractivity contribution is 5.98. The predicted molar refractivity (Wildman–Crippen MR) is 128 cm³/mol. The van der Waals surface area contributed by atoms with Crippen LogP contribution in [0.25, 0.3) is 27.9 Å². The second kappa shape index (κ2) is 8.87. The number of fused-ring (bicyclic) bond motifs is 1. The van der Waals surface area contributed by atoms with Crippen molar-refractivity contribution in [1.29, 1.82) is 0 Å². The van der Waals surface area contributed by atoms with Crippen LogP contribution in [0, 0.1) is 0 Å². The number of aromatic nitrogens is 2. The summed E-state index contributed by atoms with van der Waals surface area (Å²) >= 11 is 0. The summed E-state index contributed by atoms with van der Waals surface area (Å²) in [5.74, 6) is -0.724. The molecule has 1 amide bonds. The summed E-state index contributed by atoms with van der Waals surface area (Å²) in [5.41, 5.74) is 4.31. The number of phenolic OH excluding ortho intramolecular Hbond substituents is 1. The molecule has 34 heavy (non-hydrogen) atoms. The molecule has 0 saturated carbocycles.